The van der Waals surface area contributed by atoms with Gasteiger partial charge >= 0.3 is 0 Å². The van der Waals surface area contributed by atoms with Gasteiger partial charge in [-0.05, 0) is 48.1 Å². The summed E-state index contributed by atoms with van der Waals surface area (Å²) < 4.78 is 41.1. The SMILES string of the molecule is COc1cc2c(cc1OC)C(c1ccccc1)N(S(=O)(=O)N1CCCC1)CC2. The van der Waals surface area contributed by atoms with Crippen molar-refractivity contribution in [3.8, 4) is 11.5 Å². The molecule has 0 bridgehead atoms. The molecule has 2 aromatic carbocycles. The second kappa shape index (κ2) is 7.73. The summed E-state index contributed by atoms with van der Waals surface area (Å²) in [7, 11) is -0.325. The molecule has 2 aliphatic heterocycles. The van der Waals surface area contributed by atoms with Gasteiger partial charge in [0, 0.05) is 19.6 Å². The van der Waals surface area contributed by atoms with Crippen LogP contribution in [-0.2, 0) is 16.6 Å². The van der Waals surface area contributed by atoms with Crippen LogP contribution in [0.3, 0.4) is 0 Å². The fourth-order valence-electron chi connectivity index (χ4n) is 4.22. The van der Waals surface area contributed by atoms with Gasteiger partial charge in [-0.3, -0.25) is 0 Å². The van der Waals surface area contributed by atoms with Gasteiger partial charge in [-0.2, -0.15) is 17.0 Å². The van der Waals surface area contributed by atoms with Gasteiger partial charge < -0.3 is 9.47 Å². The third-order valence-corrected chi connectivity index (χ3v) is 7.64. The van der Waals surface area contributed by atoms with Gasteiger partial charge in [0.2, 0.25) is 0 Å². The molecule has 6 nitrogen and oxygen atoms in total. The molecule has 28 heavy (non-hydrogen) atoms. The summed E-state index contributed by atoms with van der Waals surface area (Å²) in [4.78, 5) is 0. The number of benzene rings is 2. The molecule has 0 saturated carbocycles. The van der Waals surface area contributed by atoms with Crippen molar-refractivity contribution >= 4 is 10.2 Å². The first kappa shape index (κ1) is 19.2. The summed E-state index contributed by atoms with van der Waals surface area (Å²) >= 11 is 0. The van der Waals surface area contributed by atoms with Crippen LogP contribution in [0.25, 0.3) is 0 Å². The molecule has 0 amide bonds. The largest absolute Gasteiger partial charge is 0.493 e. The van der Waals surface area contributed by atoms with E-state index in [2.05, 4.69) is 0 Å². The Bertz CT molecular complexity index is 940. The minimum atomic E-state index is -3.54. The molecule has 0 aromatic heterocycles. The molecule has 7 heteroatoms. The van der Waals surface area contributed by atoms with Crippen LogP contribution in [0.15, 0.2) is 42.5 Å². The number of hydrogen-bond donors (Lipinski definition) is 0. The molecule has 150 valence electrons. The average molecular weight is 403 g/mol. The van der Waals surface area contributed by atoms with Gasteiger partial charge in [0.15, 0.2) is 11.5 Å². The van der Waals surface area contributed by atoms with Crippen molar-refractivity contribution in [2.75, 3.05) is 33.9 Å². The number of ether oxygens (including phenoxy) is 2. The molecule has 1 saturated heterocycles. The van der Waals surface area contributed by atoms with E-state index in [9.17, 15) is 8.42 Å². The number of hydrogen-bond acceptors (Lipinski definition) is 4. The first-order valence-corrected chi connectivity index (χ1v) is 11.0. The van der Waals surface area contributed by atoms with Crippen LogP contribution in [0.4, 0.5) is 0 Å². The highest BCUT2D eigenvalue weighted by molar-refractivity contribution is 7.86. The van der Waals surface area contributed by atoms with Crippen molar-refractivity contribution in [2.45, 2.75) is 25.3 Å². The predicted octanol–water partition coefficient (Wildman–Crippen LogP) is 2.99. The Morgan fingerprint density at radius 2 is 1.57 bits per heavy atom. The maximum atomic E-state index is 13.5. The summed E-state index contributed by atoms with van der Waals surface area (Å²) in [5.41, 5.74) is 3.01. The Morgan fingerprint density at radius 1 is 0.929 bits per heavy atom. The van der Waals surface area contributed by atoms with Crippen LogP contribution in [0.5, 0.6) is 11.5 Å². The molecular formula is C21H26N2O4S. The number of rotatable bonds is 5. The van der Waals surface area contributed by atoms with Gasteiger partial charge in [-0.1, -0.05) is 30.3 Å². The molecule has 1 unspecified atom stereocenters. The lowest BCUT2D eigenvalue weighted by Crippen LogP contribution is -2.47. The standard InChI is InChI=1S/C21H26N2O4S/c1-26-19-14-17-10-13-23(28(24,25)22-11-6-7-12-22)21(16-8-4-3-5-9-16)18(17)15-20(19)27-2/h3-5,8-9,14-15,21H,6-7,10-13H2,1-2H3. The quantitative estimate of drug-likeness (QED) is 0.772. The minimum Gasteiger partial charge on any atom is -0.493 e. The molecule has 2 aliphatic rings. The molecule has 0 aliphatic carbocycles. The maximum absolute atomic E-state index is 13.5. The molecule has 1 atom stereocenters. The Hall–Kier alpha value is -2.09. The van der Waals surface area contributed by atoms with E-state index in [1.165, 1.54) is 0 Å². The lowest BCUT2D eigenvalue weighted by molar-refractivity contribution is 0.306. The van der Waals surface area contributed by atoms with E-state index < -0.39 is 10.2 Å². The highest BCUT2D eigenvalue weighted by Crippen LogP contribution is 2.42. The zero-order valence-corrected chi connectivity index (χ0v) is 17.1. The van der Waals surface area contributed by atoms with Crippen molar-refractivity contribution in [2.24, 2.45) is 0 Å². The minimum absolute atomic E-state index is 0.379. The Kier molecular flexibility index (Phi) is 5.31. The van der Waals surface area contributed by atoms with Crippen molar-refractivity contribution in [1.82, 2.24) is 8.61 Å². The van der Waals surface area contributed by atoms with Gasteiger partial charge in [0.25, 0.3) is 10.2 Å². The fraction of sp³-hybridized carbons (Fsp3) is 0.429. The molecule has 0 radical (unpaired) electrons. The molecule has 2 aromatic rings. The first-order valence-electron chi connectivity index (χ1n) is 9.63. The van der Waals surface area contributed by atoms with E-state index in [4.69, 9.17) is 9.47 Å². The molecule has 2 heterocycles. The molecule has 1 fully saturated rings. The van der Waals surface area contributed by atoms with Gasteiger partial charge in [-0.25, -0.2) is 0 Å². The average Bonchev–Trinajstić information content (AvgIpc) is 3.28. The lowest BCUT2D eigenvalue weighted by Gasteiger charge is -2.39. The lowest BCUT2D eigenvalue weighted by atomic mass is 9.89. The number of fused-ring (bicyclic) bond motifs is 1. The Labute approximate surface area is 166 Å². The van der Waals surface area contributed by atoms with Gasteiger partial charge in [0.1, 0.15) is 0 Å². The number of nitrogens with zero attached hydrogens (tertiary/aromatic N) is 2. The zero-order valence-electron chi connectivity index (χ0n) is 16.3. The van der Waals surface area contributed by atoms with Crippen LogP contribution < -0.4 is 9.47 Å². The van der Waals surface area contributed by atoms with E-state index in [1.54, 1.807) is 22.8 Å². The van der Waals surface area contributed by atoms with Crippen molar-refractivity contribution in [1.29, 1.82) is 0 Å². The zero-order chi connectivity index (χ0) is 19.7. The molecular weight excluding hydrogens is 376 g/mol. The van der Waals surface area contributed by atoms with Crippen LogP contribution in [-0.4, -0.2) is 50.9 Å². The van der Waals surface area contributed by atoms with E-state index in [0.29, 0.717) is 37.6 Å². The second-order valence-corrected chi connectivity index (χ2v) is 9.07. The topological polar surface area (TPSA) is 59.1 Å². The predicted molar refractivity (Wildman–Crippen MR) is 108 cm³/mol. The third-order valence-electron chi connectivity index (χ3n) is 5.63. The second-order valence-electron chi connectivity index (χ2n) is 7.19. The monoisotopic (exact) mass is 402 g/mol. The molecule has 0 N–H and O–H groups in total. The summed E-state index contributed by atoms with van der Waals surface area (Å²) in [6, 6.07) is 13.3. The summed E-state index contributed by atoms with van der Waals surface area (Å²) in [6.07, 6.45) is 2.49. The maximum Gasteiger partial charge on any atom is 0.282 e. The van der Waals surface area contributed by atoms with Crippen molar-refractivity contribution in [3.63, 3.8) is 0 Å². The van der Waals surface area contributed by atoms with Crippen molar-refractivity contribution < 1.29 is 17.9 Å². The van der Waals surface area contributed by atoms with E-state index in [-0.39, 0.29) is 6.04 Å². The van der Waals surface area contributed by atoms with E-state index in [0.717, 1.165) is 29.5 Å². The van der Waals surface area contributed by atoms with Crippen LogP contribution >= 0.6 is 0 Å². The van der Waals surface area contributed by atoms with Crippen LogP contribution in [0.2, 0.25) is 0 Å². The van der Waals surface area contributed by atoms with Crippen LogP contribution in [0, 0.1) is 0 Å². The van der Waals surface area contributed by atoms with E-state index >= 15 is 0 Å². The summed E-state index contributed by atoms with van der Waals surface area (Å²) in [5, 5.41) is 0. The summed E-state index contributed by atoms with van der Waals surface area (Å²) in [5.74, 6) is 1.28. The highest BCUT2D eigenvalue weighted by Gasteiger charge is 2.41. The summed E-state index contributed by atoms with van der Waals surface area (Å²) in [6.45, 7) is 1.64. The number of methoxy groups -OCH3 is 2. The third kappa shape index (κ3) is 3.27. The molecule has 0 spiro atoms. The fourth-order valence-corrected chi connectivity index (χ4v) is 6.06. The molecule has 4 rings (SSSR count). The van der Waals surface area contributed by atoms with E-state index in [1.807, 2.05) is 42.5 Å². The van der Waals surface area contributed by atoms with Crippen LogP contribution in [0.1, 0.15) is 35.6 Å². The van der Waals surface area contributed by atoms with Gasteiger partial charge in [0.05, 0.1) is 20.3 Å². The van der Waals surface area contributed by atoms with Gasteiger partial charge in [-0.15, -0.1) is 0 Å². The first-order chi connectivity index (χ1) is 13.6. The normalized spacial score (nSPS) is 20.7. The Balaban J connectivity index is 1.85. The highest BCUT2D eigenvalue weighted by atomic mass is 32.2. The van der Waals surface area contributed by atoms with Crippen molar-refractivity contribution in [3.05, 3.63) is 59.2 Å². The Morgan fingerprint density at radius 3 is 2.21 bits per heavy atom. The smallest absolute Gasteiger partial charge is 0.282 e.